The maximum Gasteiger partial charge on any atom is 0.184 e. The predicted octanol–water partition coefficient (Wildman–Crippen LogP) is 0.892. The van der Waals surface area contributed by atoms with Gasteiger partial charge in [-0.15, -0.1) is 10.2 Å². The van der Waals surface area contributed by atoms with E-state index in [1.54, 1.807) is 11.8 Å². The number of hydrogen-bond acceptors (Lipinski definition) is 4. The second kappa shape index (κ2) is 1.57. The van der Waals surface area contributed by atoms with Gasteiger partial charge < -0.3 is 5.32 Å². The number of amidine groups is 1. The molecule has 2 N–H and O–H groups in total. The first-order chi connectivity index (χ1) is 4.38. The van der Waals surface area contributed by atoms with Gasteiger partial charge in [-0.2, -0.15) is 0 Å². The average molecular weight is 140 g/mol. The lowest BCUT2D eigenvalue weighted by Crippen LogP contribution is -2.02. The van der Waals surface area contributed by atoms with Gasteiger partial charge in [0.25, 0.3) is 0 Å². The Bertz CT molecular complexity index is 223. The topological polar surface area (TPSA) is 60.6 Å². The lowest BCUT2D eigenvalue weighted by molar-refractivity contribution is 0.936. The van der Waals surface area contributed by atoms with Gasteiger partial charge in [0.2, 0.25) is 0 Å². The molecule has 0 atom stereocenters. The number of hydrogen-bond donors (Lipinski definition) is 2. The molecule has 0 radical (unpaired) electrons. The van der Waals surface area contributed by atoms with Crippen LogP contribution >= 0.6 is 11.8 Å². The van der Waals surface area contributed by atoms with Crippen LogP contribution in [0.5, 0.6) is 0 Å². The third-order valence-electron chi connectivity index (χ3n) is 1.14. The Hall–Kier alpha value is -0.840. The summed E-state index contributed by atoms with van der Waals surface area (Å²) < 4.78 is 0. The monoisotopic (exact) mass is 140 g/mol. The molecular weight excluding hydrogens is 136 g/mol. The third kappa shape index (κ3) is 0.578. The van der Waals surface area contributed by atoms with Crippen molar-refractivity contribution in [3.63, 3.8) is 0 Å². The smallest absolute Gasteiger partial charge is 0.184 e. The van der Waals surface area contributed by atoms with Gasteiger partial charge in [0.05, 0.1) is 10.8 Å². The van der Waals surface area contributed by atoms with Crippen LogP contribution < -0.4 is 5.32 Å². The van der Waals surface area contributed by atoms with Gasteiger partial charge in [0, 0.05) is 0 Å². The van der Waals surface area contributed by atoms with Crippen molar-refractivity contribution in [3.8, 4) is 0 Å². The third-order valence-corrected chi connectivity index (χ3v) is 2.10. The number of azo groups is 1. The Balaban J connectivity index is 2.44. The summed E-state index contributed by atoms with van der Waals surface area (Å²) in [5.41, 5.74) is 0. The summed E-state index contributed by atoms with van der Waals surface area (Å²) in [6.07, 6.45) is 0. The van der Waals surface area contributed by atoms with Crippen LogP contribution in [0.3, 0.4) is 0 Å². The fourth-order valence-corrected chi connectivity index (χ4v) is 1.51. The molecule has 2 aliphatic rings. The number of nitrogens with zero attached hydrogens (tertiary/aromatic N) is 2. The fourth-order valence-electron chi connectivity index (χ4n) is 0.732. The van der Waals surface area contributed by atoms with Crippen molar-refractivity contribution >= 4 is 17.6 Å². The summed E-state index contributed by atoms with van der Waals surface area (Å²) in [6.45, 7) is 0. The lowest BCUT2D eigenvalue weighted by Gasteiger charge is -1.88. The molecule has 0 aliphatic carbocycles. The molecule has 0 fully saturated rings. The highest BCUT2D eigenvalue weighted by atomic mass is 32.2. The van der Waals surface area contributed by atoms with Gasteiger partial charge in [0.15, 0.2) is 11.7 Å². The minimum atomic E-state index is 0.292. The molecule has 2 rings (SSSR count). The van der Waals surface area contributed by atoms with E-state index in [1.165, 1.54) is 0 Å². The summed E-state index contributed by atoms with van der Waals surface area (Å²) in [5.74, 6) is 1.89. The molecule has 0 aromatic rings. The summed E-state index contributed by atoms with van der Waals surface area (Å²) in [4.78, 5) is 0.884. The van der Waals surface area contributed by atoms with E-state index in [-0.39, 0.29) is 0 Å². The summed E-state index contributed by atoms with van der Waals surface area (Å²) in [5, 5.41) is 17.5. The molecule has 4 nitrogen and oxygen atoms in total. The Kier molecular flexibility index (Phi) is 0.869. The van der Waals surface area contributed by atoms with Crippen LogP contribution in [0.4, 0.5) is 0 Å². The van der Waals surface area contributed by atoms with Crippen LogP contribution in [-0.2, 0) is 0 Å². The van der Waals surface area contributed by atoms with Gasteiger partial charge in [-0.1, -0.05) is 11.8 Å². The molecule has 46 valence electrons. The first kappa shape index (κ1) is 4.99. The van der Waals surface area contributed by atoms with Crippen molar-refractivity contribution in [1.82, 2.24) is 5.32 Å². The molecule has 0 amide bonds. The molecule has 0 saturated heterocycles. The van der Waals surface area contributed by atoms with E-state index in [1.807, 2.05) is 0 Å². The van der Waals surface area contributed by atoms with Crippen LogP contribution in [0.2, 0.25) is 0 Å². The largest absolute Gasteiger partial charge is 0.358 e. The number of nitrogens with one attached hydrogen (secondary N) is 2. The second-order valence-corrected chi connectivity index (χ2v) is 2.68. The fraction of sp³-hybridized carbons (Fsp3) is 0.250. The van der Waals surface area contributed by atoms with E-state index < -0.39 is 0 Å². The summed E-state index contributed by atoms with van der Waals surface area (Å²) >= 11 is 1.58. The van der Waals surface area contributed by atoms with E-state index in [0.717, 1.165) is 16.6 Å². The highest BCUT2D eigenvalue weighted by Crippen LogP contribution is 2.30. The minimum Gasteiger partial charge on any atom is -0.358 e. The molecular formula is C4H4N4S. The van der Waals surface area contributed by atoms with Crippen LogP contribution in [0.1, 0.15) is 0 Å². The lowest BCUT2D eigenvalue weighted by atomic mass is 10.5. The van der Waals surface area contributed by atoms with E-state index in [2.05, 4.69) is 15.5 Å². The second-order valence-electron chi connectivity index (χ2n) is 1.69. The van der Waals surface area contributed by atoms with Gasteiger partial charge >= 0.3 is 0 Å². The zero-order valence-corrected chi connectivity index (χ0v) is 5.33. The average Bonchev–Trinajstić information content (AvgIpc) is 2.35. The van der Waals surface area contributed by atoms with Crippen molar-refractivity contribution in [2.24, 2.45) is 10.2 Å². The van der Waals surface area contributed by atoms with Crippen molar-refractivity contribution in [2.45, 2.75) is 0 Å². The molecule has 2 aliphatic heterocycles. The number of thioether (sulfide) groups is 1. The first-order valence-electron chi connectivity index (χ1n) is 2.49. The molecule has 2 heterocycles. The molecule has 0 aromatic heterocycles. The SMILES string of the molecule is N=C1N=NC2=C1SCN2. The van der Waals surface area contributed by atoms with Gasteiger partial charge in [-0.05, 0) is 0 Å². The predicted molar refractivity (Wildman–Crippen MR) is 35.2 cm³/mol. The maximum atomic E-state index is 7.20. The van der Waals surface area contributed by atoms with Crippen LogP contribution in [0.15, 0.2) is 21.0 Å². The van der Waals surface area contributed by atoms with Gasteiger partial charge in [-0.25, -0.2) is 0 Å². The van der Waals surface area contributed by atoms with Gasteiger partial charge in [0.1, 0.15) is 0 Å². The van der Waals surface area contributed by atoms with Crippen molar-refractivity contribution in [1.29, 1.82) is 5.41 Å². The Morgan fingerprint density at radius 1 is 1.56 bits per heavy atom. The van der Waals surface area contributed by atoms with Crippen LogP contribution in [0.25, 0.3) is 0 Å². The Labute approximate surface area is 55.9 Å². The van der Waals surface area contributed by atoms with E-state index in [9.17, 15) is 0 Å². The number of rotatable bonds is 0. The molecule has 0 aromatic carbocycles. The highest BCUT2D eigenvalue weighted by molar-refractivity contribution is 8.04. The highest BCUT2D eigenvalue weighted by Gasteiger charge is 2.22. The zero-order chi connectivity index (χ0) is 6.27. The summed E-state index contributed by atoms with van der Waals surface area (Å²) in [7, 11) is 0. The van der Waals surface area contributed by atoms with E-state index in [4.69, 9.17) is 5.41 Å². The van der Waals surface area contributed by atoms with Crippen molar-refractivity contribution in [2.75, 3.05) is 5.88 Å². The van der Waals surface area contributed by atoms with E-state index >= 15 is 0 Å². The molecule has 9 heavy (non-hydrogen) atoms. The normalized spacial score (nSPS) is 22.9. The molecule has 0 saturated carbocycles. The molecule has 5 heteroatoms. The van der Waals surface area contributed by atoms with Crippen LogP contribution in [0, 0.1) is 5.41 Å². The quantitative estimate of drug-likeness (QED) is 0.525. The standard InChI is InChI=1S/C4H4N4S/c5-3-2-4(8-7-3)6-1-9-2/h5-6H,1H2. The first-order valence-corrected chi connectivity index (χ1v) is 3.48. The van der Waals surface area contributed by atoms with Gasteiger partial charge in [-0.3, -0.25) is 5.41 Å². The van der Waals surface area contributed by atoms with Crippen LogP contribution in [-0.4, -0.2) is 11.7 Å². The Morgan fingerprint density at radius 2 is 2.44 bits per heavy atom. The van der Waals surface area contributed by atoms with Crippen molar-refractivity contribution in [3.05, 3.63) is 10.7 Å². The molecule has 0 unspecified atom stereocenters. The molecule has 0 spiro atoms. The minimum absolute atomic E-state index is 0.292. The molecule has 0 bridgehead atoms. The van der Waals surface area contributed by atoms with E-state index in [0.29, 0.717) is 5.84 Å². The van der Waals surface area contributed by atoms with Crippen molar-refractivity contribution < 1.29 is 0 Å². The Morgan fingerprint density at radius 3 is 3.22 bits per heavy atom. The zero-order valence-electron chi connectivity index (χ0n) is 4.51. The summed E-state index contributed by atoms with van der Waals surface area (Å²) in [6, 6.07) is 0. The maximum absolute atomic E-state index is 7.20.